The average molecular weight is 485 g/mol. The Morgan fingerprint density at radius 1 is 0.971 bits per heavy atom. The fraction of sp³-hybridized carbons (Fsp3) is 0.308. The Bertz CT molecular complexity index is 1100. The molecule has 0 aliphatic carbocycles. The molecule has 1 saturated heterocycles. The second kappa shape index (κ2) is 10.8. The van der Waals surface area contributed by atoms with Crippen LogP contribution in [0.25, 0.3) is 0 Å². The summed E-state index contributed by atoms with van der Waals surface area (Å²) in [6, 6.07) is 19.5. The number of methoxy groups -OCH3 is 1. The maximum absolute atomic E-state index is 13.0. The van der Waals surface area contributed by atoms with E-state index in [4.69, 9.17) is 4.74 Å². The standard InChI is InChI=1S/C26H27F3N4O2/c1-35-22-10-7-20(8-11-22)25(19-5-3-2-4-6-19)31-24(34)18-32-13-15-33(16-14-32)23-12-9-21(17-30-23)26(27,28)29/h2-12,17,25H,13-16,18H2,1H3,(H,31,34)/t25-/m0/s1. The van der Waals surface area contributed by atoms with Crippen molar-refractivity contribution in [1.82, 2.24) is 15.2 Å². The van der Waals surface area contributed by atoms with Gasteiger partial charge in [0.1, 0.15) is 11.6 Å². The molecule has 9 heteroatoms. The van der Waals surface area contributed by atoms with Gasteiger partial charge in [-0.25, -0.2) is 4.98 Å². The van der Waals surface area contributed by atoms with Crippen LogP contribution in [0.3, 0.4) is 0 Å². The van der Waals surface area contributed by atoms with E-state index in [-0.39, 0.29) is 18.5 Å². The molecule has 4 rings (SSSR count). The highest BCUT2D eigenvalue weighted by Gasteiger charge is 2.31. The van der Waals surface area contributed by atoms with Crippen LogP contribution in [-0.2, 0) is 11.0 Å². The van der Waals surface area contributed by atoms with Crippen molar-refractivity contribution >= 4 is 11.7 Å². The molecule has 0 saturated carbocycles. The number of amides is 1. The minimum atomic E-state index is -4.40. The molecule has 2 aromatic carbocycles. The summed E-state index contributed by atoms with van der Waals surface area (Å²) in [5.41, 5.74) is 1.16. The zero-order valence-corrected chi connectivity index (χ0v) is 19.3. The first-order valence-electron chi connectivity index (χ1n) is 11.3. The van der Waals surface area contributed by atoms with Crippen molar-refractivity contribution in [1.29, 1.82) is 0 Å². The van der Waals surface area contributed by atoms with Gasteiger partial charge in [0.25, 0.3) is 0 Å². The molecule has 2 heterocycles. The number of anilines is 1. The van der Waals surface area contributed by atoms with Gasteiger partial charge < -0.3 is 15.0 Å². The molecular weight excluding hydrogens is 457 g/mol. The van der Waals surface area contributed by atoms with Gasteiger partial charge in [0.2, 0.25) is 5.91 Å². The number of hydrogen-bond donors (Lipinski definition) is 1. The predicted octanol–water partition coefficient (Wildman–Crippen LogP) is 4.14. The highest BCUT2D eigenvalue weighted by Crippen LogP contribution is 2.29. The highest BCUT2D eigenvalue weighted by molar-refractivity contribution is 5.79. The number of nitrogens with one attached hydrogen (secondary N) is 1. The van der Waals surface area contributed by atoms with Gasteiger partial charge in [0, 0.05) is 32.4 Å². The van der Waals surface area contributed by atoms with Crippen molar-refractivity contribution in [3.05, 3.63) is 89.6 Å². The maximum atomic E-state index is 13.0. The maximum Gasteiger partial charge on any atom is 0.417 e. The lowest BCUT2D eigenvalue weighted by atomic mass is 9.98. The number of ether oxygens (including phenoxy) is 1. The predicted molar refractivity (Wildman–Crippen MR) is 127 cm³/mol. The Kier molecular flexibility index (Phi) is 7.55. The number of alkyl halides is 3. The van der Waals surface area contributed by atoms with Crippen LogP contribution in [0.15, 0.2) is 72.9 Å². The van der Waals surface area contributed by atoms with E-state index >= 15 is 0 Å². The van der Waals surface area contributed by atoms with Crippen molar-refractivity contribution in [2.24, 2.45) is 0 Å². The minimum Gasteiger partial charge on any atom is -0.497 e. The van der Waals surface area contributed by atoms with E-state index < -0.39 is 11.7 Å². The summed E-state index contributed by atoms with van der Waals surface area (Å²) in [6.45, 7) is 2.59. The number of rotatable bonds is 7. The van der Waals surface area contributed by atoms with Crippen molar-refractivity contribution in [2.45, 2.75) is 12.2 Å². The molecule has 0 unspecified atom stereocenters. The Hall–Kier alpha value is -3.59. The normalized spacial score (nSPS) is 15.5. The lowest BCUT2D eigenvalue weighted by Crippen LogP contribution is -2.50. The Balaban J connectivity index is 1.35. The third-order valence-corrected chi connectivity index (χ3v) is 6.03. The molecular formula is C26H27F3N4O2. The van der Waals surface area contributed by atoms with Crippen molar-refractivity contribution < 1.29 is 22.7 Å². The fourth-order valence-electron chi connectivity index (χ4n) is 4.09. The van der Waals surface area contributed by atoms with Crippen LogP contribution in [0.2, 0.25) is 0 Å². The number of piperazine rings is 1. The number of carbonyl (C=O) groups is 1. The van der Waals surface area contributed by atoms with Crippen LogP contribution < -0.4 is 15.0 Å². The van der Waals surface area contributed by atoms with Crippen LogP contribution in [0.1, 0.15) is 22.7 Å². The van der Waals surface area contributed by atoms with Gasteiger partial charge in [0.05, 0.1) is 25.3 Å². The fourth-order valence-corrected chi connectivity index (χ4v) is 4.09. The van der Waals surface area contributed by atoms with E-state index in [1.807, 2.05) is 64.4 Å². The van der Waals surface area contributed by atoms with Gasteiger partial charge in [-0.3, -0.25) is 9.69 Å². The van der Waals surface area contributed by atoms with Gasteiger partial charge in [-0.05, 0) is 35.4 Å². The highest BCUT2D eigenvalue weighted by atomic mass is 19.4. The molecule has 1 fully saturated rings. The Labute approximate surface area is 202 Å². The Morgan fingerprint density at radius 3 is 2.20 bits per heavy atom. The van der Waals surface area contributed by atoms with Crippen LogP contribution >= 0.6 is 0 Å². The first-order chi connectivity index (χ1) is 16.8. The third-order valence-electron chi connectivity index (χ3n) is 6.03. The zero-order chi connectivity index (χ0) is 24.8. The smallest absolute Gasteiger partial charge is 0.417 e. The summed E-state index contributed by atoms with van der Waals surface area (Å²) in [7, 11) is 1.61. The summed E-state index contributed by atoms with van der Waals surface area (Å²) in [5, 5.41) is 3.14. The average Bonchev–Trinajstić information content (AvgIpc) is 2.88. The summed E-state index contributed by atoms with van der Waals surface area (Å²) in [6.07, 6.45) is -3.54. The van der Waals surface area contributed by atoms with Crippen LogP contribution in [0.5, 0.6) is 5.75 Å². The van der Waals surface area contributed by atoms with E-state index in [0.29, 0.717) is 32.0 Å². The lowest BCUT2D eigenvalue weighted by molar-refractivity contribution is -0.137. The van der Waals surface area contributed by atoms with E-state index in [2.05, 4.69) is 10.3 Å². The summed E-state index contributed by atoms with van der Waals surface area (Å²) < 4.78 is 43.6. The first kappa shape index (κ1) is 24.5. The molecule has 0 spiro atoms. The molecule has 1 aliphatic rings. The molecule has 1 aliphatic heterocycles. The molecule has 1 atom stereocenters. The number of carbonyl (C=O) groups excluding carboxylic acids is 1. The molecule has 1 N–H and O–H groups in total. The number of nitrogens with zero attached hydrogens (tertiary/aromatic N) is 3. The quantitative estimate of drug-likeness (QED) is 0.547. The minimum absolute atomic E-state index is 0.101. The van der Waals surface area contributed by atoms with E-state index in [0.717, 1.165) is 29.1 Å². The van der Waals surface area contributed by atoms with E-state index in [9.17, 15) is 18.0 Å². The van der Waals surface area contributed by atoms with Crippen molar-refractivity contribution in [2.75, 3.05) is 44.7 Å². The Morgan fingerprint density at radius 2 is 1.63 bits per heavy atom. The molecule has 35 heavy (non-hydrogen) atoms. The van der Waals surface area contributed by atoms with E-state index in [1.54, 1.807) is 7.11 Å². The van der Waals surface area contributed by atoms with Crippen molar-refractivity contribution in [3.63, 3.8) is 0 Å². The topological polar surface area (TPSA) is 57.7 Å². The number of halogens is 3. The van der Waals surface area contributed by atoms with E-state index in [1.165, 1.54) is 6.07 Å². The number of hydrogen-bond acceptors (Lipinski definition) is 5. The third kappa shape index (κ3) is 6.30. The summed E-state index contributed by atoms with van der Waals surface area (Å²) >= 11 is 0. The molecule has 184 valence electrons. The van der Waals surface area contributed by atoms with Crippen LogP contribution in [-0.4, -0.2) is 55.6 Å². The molecule has 0 bridgehead atoms. The summed E-state index contributed by atoms with van der Waals surface area (Å²) in [5.74, 6) is 1.15. The number of pyridine rings is 1. The van der Waals surface area contributed by atoms with Gasteiger partial charge >= 0.3 is 6.18 Å². The van der Waals surface area contributed by atoms with Gasteiger partial charge in [-0.1, -0.05) is 42.5 Å². The largest absolute Gasteiger partial charge is 0.497 e. The van der Waals surface area contributed by atoms with Crippen LogP contribution in [0.4, 0.5) is 19.0 Å². The molecule has 1 aromatic heterocycles. The second-order valence-electron chi connectivity index (χ2n) is 8.35. The monoisotopic (exact) mass is 484 g/mol. The van der Waals surface area contributed by atoms with Gasteiger partial charge in [-0.2, -0.15) is 13.2 Å². The first-order valence-corrected chi connectivity index (χ1v) is 11.3. The zero-order valence-electron chi connectivity index (χ0n) is 19.3. The van der Waals surface area contributed by atoms with Gasteiger partial charge in [0.15, 0.2) is 0 Å². The molecule has 3 aromatic rings. The lowest BCUT2D eigenvalue weighted by Gasteiger charge is -2.35. The number of aromatic nitrogens is 1. The summed E-state index contributed by atoms with van der Waals surface area (Å²) in [4.78, 5) is 20.9. The molecule has 0 radical (unpaired) electrons. The number of benzene rings is 2. The molecule has 6 nitrogen and oxygen atoms in total. The second-order valence-corrected chi connectivity index (χ2v) is 8.35. The van der Waals surface area contributed by atoms with Crippen molar-refractivity contribution in [3.8, 4) is 5.75 Å². The molecule has 1 amide bonds. The SMILES string of the molecule is COc1ccc([C@@H](NC(=O)CN2CCN(c3ccc(C(F)(F)F)cn3)CC2)c2ccccc2)cc1. The van der Waals surface area contributed by atoms with Crippen LogP contribution in [0, 0.1) is 0 Å². The van der Waals surface area contributed by atoms with Gasteiger partial charge in [-0.15, -0.1) is 0 Å².